The van der Waals surface area contributed by atoms with Gasteiger partial charge in [0.2, 0.25) is 0 Å². The summed E-state index contributed by atoms with van der Waals surface area (Å²) in [5.41, 5.74) is 0.351. The second-order valence-corrected chi connectivity index (χ2v) is 4.78. The van der Waals surface area contributed by atoms with Crippen LogP contribution in [0.25, 0.3) is 0 Å². The average molecular weight is 299 g/mol. The number of hydrogen-bond acceptors (Lipinski definition) is 2. The maximum Gasteiger partial charge on any atom is 0.337 e. The Morgan fingerprint density at radius 1 is 1.35 bits per heavy atom. The molecule has 0 saturated heterocycles. The zero-order valence-corrected chi connectivity index (χ0v) is 10.5. The van der Waals surface area contributed by atoms with Crippen LogP contribution in [0.15, 0.2) is 22.7 Å². The number of hydrogen-bond donors (Lipinski definition) is 3. The lowest BCUT2D eigenvalue weighted by Crippen LogP contribution is -2.31. The SMILES string of the molecule is O=C(Nc1ccc(Br)cc1C(=O)O)NC1CC1. The number of carboxylic acid groups (broad SMARTS) is 1. The van der Waals surface area contributed by atoms with Crippen LogP contribution in [-0.2, 0) is 0 Å². The standard InChI is InChI=1S/C11H11BrN2O3/c12-6-1-4-9(8(5-6)10(15)16)14-11(17)13-7-2-3-7/h1,4-5,7H,2-3H2,(H,15,16)(H2,13,14,17). The van der Waals surface area contributed by atoms with Crippen molar-refractivity contribution in [2.45, 2.75) is 18.9 Å². The third-order valence-electron chi connectivity index (χ3n) is 2.37. The van der Waals surface area contributed by atoms with E-state index in [1.807, 2.05) is 0 Å². The van der Waals surface area contributed by atoms with E-state index >= 15 is 0 Å². The molecule has 2 amide bonds. The summed E-state index contributed by atoms with van der Waals surface area (Å²) in [6.07, 6.45) is 1.97. The quantitative estimate of drug-likeness (QED) is 0.802. The monoisotopic (exact) mass is 298 g/mol. The van der Waals surface area contributed by atoms with Crippen molar-refractivity contribution in [2.75, 3.05) is 5.32 Å². The fourth-order valence-electron chi connectivity index (χ4n) is 1.37. The van der Waals surface area contributed by atoms with Gasteiger partial charge in [0.1, 0.15) is 0 Å². The summed E-state index contributed by atoms with van der Waals surface area (Å²) in [5.74, 6) is -1.08. The van der Waals surface area contributed by atoms with E-state index in [4.69, 9.17) is 5.11 Å². The van der Waals surface area contributed by atoms with Gasteiger partial charge in [0.15, 0.2) is 0 Å². The molecule has 1 aromatic rings. The van der Waals surface area contributed by atoms with Crippen LogP contribution in [0, 0.1) is 0 Å². The number of anilines is 1. The van der Waals surface area contributed by atoms with Crippen LogP contribution < -0.4 is 10.6 Å². The van der Waals surface area contributed by atoms with Crippen molar-refractivity contribution >= 4 is 33.6 Å². The smallest absolute Gasteiger partial charge is 0.337 e. The van der Waals surface area contributed by atoms with Gasteiger partial charge in [-0.2, -0.15) is 0 Å². The molecular weight excluding hydrogens is 288 g/mol. The highest BCUT2D eigenvalue weighted by Gasteiger charge is 2.23. The van der Waals surface area contributed by atoms with E-state index in [9.17, 15) is 9.59 Å². The predicted molar refractivity (Wildman–Crippen MR) is 66.3 cm³/mol. The van der Waals surface area contributed by atoms with Gasteiger partial charge in [0.05, 0.1) is 11.3 Å². The van der Waals surface area contributed by atoms with Gasteiger partial charge in [-0.3, -0.25) is 0 Å². The van der Waals surface area contributed by atoms with Crippen molar-refractivity contribution < 1.29 is 14.7 Å². The minimum absolute atomic E-state index is 0.0605. The molecule has 0 unspecified atom stereocenters. The molecule has 90 valence electrons. The molecule has 1 aliphatic carbocycles. The number of urea groups is 1. The molecule has 1 aliphatic rings. The highest BCUT2D eigenvalue weighted by Crippen LogP contribution is 2.22. The van der Waals surface area contributed by atoms with Gasteiger partial charge in [-0.1, -0.05) is 15.9 Å². The molecule has 0 atom stereocenters. The van der Waals surface area contributed by atoms with Gasteiger partial charge in [0, 0.05) is 10.5 Å². The Balaban J connectivity index is 2.13. The predicted octanol–water partition coefficient (Wildman–Crippen LogP) is 2.43. The molecule has 5 nitrogen and oxygen atoms in total. The summed E-state index contributed by atoms with van der Waals surface area (Å²) < 4.78 is 0.656. The van der Waals surface area contributed by atoms with E-state index in [0.29, 0.717) is 10.2 Å². The lowest BCUT2D eigenvalue weighted by Gasteiger charge is -2.09. The summed E-state index contributed by atoms with van der Waals surface area (Å²) in [7, 11) is 0. The highest BCUT2D eigenvalue weighted by molar-refractivity contribution is 9.10. The molecule has 0 bridgehead atoms. The third-order valence-corrected chi connectivity index (χ3v) is 2.87. The first-order valence-electron chi connectivity index (χ1n) is 5.16. The second-order valence-electron chi connectivity index (χ2n) is 3.87. The third kappa shape index (κ3) is 3.20. The number of carboxylic acids is 1. The maximum absolute atomic E-state index is 11.5. The zero-order chi connectivity index (χ0) is 12.4. The molecule has 2 rings (SSSR count). The molecule has 1 aromatic carbocycles. The van der Waals surface area contributed by atoms with E-state index in [0.717, 1.165) is 12.8 Å². The summed E-state index contributed by atoms with van der Waals surface area (Å²) in [6.45, 7) is 0. The van der Waals surface area contributed by atoms with Crippen LogP contribution in [0.4, 0.5) is 10.5 Å². The van der Waals surface area contributed by atoms with E-state index in [1.165, 1.54) is 6.07 Å². The van der Waals surface area contributed by atoms with Gasteiger partial charge < -0.3 is 15.7 Å². The molecule has 0 spiro atoms. The largest absolute Gasteiger partial charge is 0.478 e. The lowest BCUT2D eigenvalue weighted by atomic mass is 10.2. The van der Waals surface area contributed by atoms with Gasteiger partial charge in [0.25, 0.3) is 0 Å². The summed E-state index contributed by atoms with van der Waals surface area (Å²) in [6, 6.07) is 4.56. The van der Waals surface area contributed by atoms with Crippen LogP contribution in [0.1, 0.15) is 23.2 Å². The van der Waals surface area contributed by atoms with E-state index < -0.39 is 5.97 Å². The second kappa shape index (κ2) is 4.75. The molecule has 0 aromatic heterocycles. The van der Waals surface area contributed by atoms with E-state index in [1.54, 1.807) is 12.1 Å². The summed E-state index contributed by atoms with van der Waals surface area (Å²) in [5, 5.41) is 14.3. The number of carbonyl (C=O) groups is 2. The van der Waals surface area contributed by atoms with Crippen LogP contribution in [0.5, 0.6) is 0 Å². The first-order valence-corrected chi connectivity index (χ1v) is 5.96. The Hall–Kier alpha value is -1.56. The zero-order valence-electron chi connectivity index (χ0n) is 8.87. The van der Waals surface area contributed by atoms with Crippen LogP contribution >= 0.6 is 15.9 Å². The molecule has 6 heteroatoms. The van der Waals surface area contributed by atoms with Crippen LogP contribution in [0.3, 0.4) is 0 Å². The Morgan fingerprint density at radius 2 is 2.06 bits per heavy atom. The highest BCUT2D eigenvalue weighted by atomic mass is 79.9. The van der Waals surface area contributed by atoms with Crippen molar-refractivity contribution in [1.82, 2.24) is 5.32 Å². The Labute approximate surface area is 106 Å². The Kier molecular flexibility index (Phi) is 3.33. The van der Waals surface area contributed by atoms with Crippen molar-refractivity contribution in [1.29, 1.82) is 0 Å². The molecular formula is C11H11BrN2O3. The number of aromatic carboxylic acids is 1. The topological polar surface area (TPSA) is 78.4 Å². The Bertz CT molecular complexity index is 472. The van der Waals surface area contributed by atoms with Crippen molar-refractivity contribution in [3.63, 3.8) is 0 Å². The number of rotatable bonds is 3. The number of amides is 2. The molecule has 0 heterocycles. The fraction of sp³-hybridized carbons (Fsp3) is 0.273. The normalized spacial score (nSPS) is 14.2. The first-order chi connectivity index (χ1) is 8.06. The number of nitrogens with one attached hydrogen (secondary N) is 2. The number of carbonyl (C=O) groups excluding carboxylic acids is 1. The number of benzene rings is 1. The van der Waals surface area contributed by atoms with Gasteiger partial charge >= 0.3 is 12.0 Å². The average Bonchev–Trinajstić information content (AvgIpc) is 3.04. The minimum Gasteiger partial charge on any atom is -0.478 e. The van der Waals surface area contributed by atoms with Gasteiger partial charge in [-0.05, 0) is 31.0 Å². The van der Waals surface area contributed by atoms with E-state index in [-0.39, 0.29) is 17.6 Å². The molecule has 0 aliphatic heterocycles. The van der Waals surface area contributed by atoms with E-state index in [2.05, 4.69) is 26.6 Å². The molecule has 3 N–H and O–H groups in total. The van der Waals surface area contributed by atoms with Crippen LogP contribution in [0.2, 0.25) is 0 Å². The van der Waals surface area contributed by atoms with Crippen LogP contribution in [-0.4, -0.2) is 23.1 Å². The molecule has 1 saturated carbocycles. The molecule has 17 heavy (non-hydrogen) atoms. The summed E-state index contributed by atoms with van der Waals surface area (Å²) in [4.78, 5) is 22.5. The molecule has 0 radical (unpaired) electrons. The Morgan fingerprint density at radius 3 is 2.65 bits per heavy atom. The lowest BCUT2D eigenvalue weighted by molar-refractivity contribution is 0.0698. The van der Waals surface area contributed by atoms with Crippen molar-refractivity contribution in [2.24, 2.45) is 0 Å². The van der Waals surface area contributed by atoms with Gasteiger partial charge in [-0.15, -0.1) is 0 Å². The summed E-state index contributed by atoms with van der Waals surface area (Å²) >= 11 is 3.19. The van der Waals surface area contributed by atoms with Crippen molar-refractivity contribution in [3.05, 3.63) is 28.2 Å². The van der Waals surface area contributed by atoms with Gasteiger partial charge in [-0.25, -0.2) is 9.59 Å². The van der Waals surface area contributed by atoms with Crippen molar-refractivity contribution in [3.8, 4) is 0 Å². The fourth-order valence-corrected chi connectivity index (χ4v) is 1.73. The number of halogens is 1. The molecule has 1 fully saturated rings. The maximum atomic E-state index is 11.5. The first kappa shape index (κ1) is 11.9. The minimum atomic E-state index is -1.08.